The van der Waals surface area contributed by atoms with E-state index >= 15 is 4.39 Å². The van der Waals surface area contributed by atoms with E-state index in [1.54, 1.807) is 56.3 Å². The van der Waals surface area contributed by atoms with Crippen LogP contribution in [0.4, 0.5) is 13.2 Å². The van der Waals surface area contributed by atoms with E-state index < -0.39 is 12.2 Å². The summed E-state index contributed by atoms with van der Waals surface area (Å²) >= 11 is 0. The molecule has 7 heteroatoms. The van der Waals surface area contributed by atoms with Crippen molar-refractivity contribution in [2.24, 2.45) is 5.92 Å². The fourth-order valence-corrected chi connectivity index (χ4v) is 5.32. The third-order valence-corrected chi connectivity index (χ3v) is 7.02. The standard InChI is InChI=1S/C27H23F3N2O2/c1-27(2,33)15-9-7-14(8-10-15)17-12-22-21(13-20(17)28)31-25-19-11-18(19)24(32(22)25)16-5-3-4-6-23(16)34-26(29)30/h3-10,12-13,18-19,24,26,33H,11H2,1-2H3/t18?,19-,24+/m1/s1. The molecule has 4 nitrogen and oxygen atoms in total. The Hall–Kier alpha value is -3.32. The Kier molecular flexibility index (Phi) is 4.58. The summed E-state index contributed by atoms with van der Waals surface area (Å²) in [6, 6.07) is 17.1. The number of imidazole rings is 1. The first-order chi connectivity index (χ1) is 16.2. The van der Waals surface area contributed by atoms with E-state index in [1.807, 2.05) is 12.1 Å². The molecule has 1 unspecified atom stereocenters. The molecule has 0 saturated heterocycles. The van der Waals surface area contributed by atoms with Gasteiger partial charge in [-0.15, -0.1) is 0 Å². The molecular formula is C27H23F3N2O2. The number of rotatable bonds is 5. The number of aromatic nitrogens is 2. The van der Waals surface area contributed by atoms with Gasteiger partial charge < -0.3 is 14.4 Å². The molecular weight excluding hydrogens is 441 g/mol. The zero-order chi connectivity index (χ0) is 23.8. The van der Waals surface area contributed by atoms with Crippen LogP contribution in [0.1, 0.15) is 49.2 Å². The number of benzene rings is 3. The second kappa shape index (κ2) is 7.34. The van der Waals surface area contributed by atoms with Gasteiger partial charge >= 0.3 is 6.61 Å². The third-order valence-electron chi connectivity index (χ3n) is 7.02. The highest BCUT2D eigenvalue weighted by Crippen LogP contribution is 2.63. The lowest BCUT2D eigenvalue weighted by atomic mass is 9.95. The Morgan fingerprint density at radius 2 is 1.82 bits per heavy atom. The molecule has 2 heterocycles. The zero-order valence-corrected chi connectivity index (χ0v) is 18.7. The molecule has 1 aliphatic carbocycles. The SMILES string of the molecule is CC(C)(O)c1ccc(-c2cc3c(cc2F)nc2n3[C@@H](c3ccccc3OC(F)F)C3C[C@@H]23)cc1. The van der Waals surface area contributed by atoms with Crippen molar-refractivity contribution in [2.45, 2.75) is 44.4 Å². The van der Waals surface area contributed by atoms with Crippen LogP contribution in [0.25, 0.3) is 22.2 Å². The summed E-state index contributed by atoms with van der Waals surface area (Å²) in [5, 5.41) is 10.2. The lowest BCUT2D eigenvalue weighted by molar-refractivity contribution is -0.0507. The predicted molar refractivity (Wildman–Crippen MR) is 122 cm³/mol. The summed E-state index contributed by atoms with van der Waals surface area (Å²) in [4.78, 5) is 4.73. The number of alkyl halides is 2. The van der Waals surface area contributed by atoms with Gasteiger partial charge in [-0.05, 0) is 49.4 Å². The van der Waals surface area contributed by atoms with Gasteiger partial charge in [-0.1, -0.05) is 42.5 Å². The fraction of sp³-hybridized carbons (Fsp3) is 0.296. The Morgan fingerprint density at radius 1 is 1.09 bits per heavy atom. The molecule has 3 atom stereocenters. The lowest BCUT2D eigenvalue weighted by Crippen LogP contribution is -2.15. The van der Waals surface area contributed by atoms with Crippen molar-refractivity contribution in [1.29, 1.82) is 0 Å². The molecule has 1 fully saturated rings. The van der Waals surface area contributed by atoms with Gasteiger partial charge in [0.25, 0.3) is 0 Å². The first kappa shape index (κ1) is 21.2. The molecule has 2 aliphatic rings. The summed E-state index contributed by atoms with van der Waals surface area (Å²) in [6.07, 6.45) is 0.921. The fourth-order valence-electron chi connectivity index (χ4n) is 5.32. The van der Waals surface area contributed by atoms with Crippen LogP contribution in [0.3, 0.4) is 0 Å². The molecule has 1 aliphatic heterocycles. The van der Waals surface area contributed by atoms with Gasteiger partial charge in [0.2, 0.25) is 0 Å². The monoisotopic (exact) mass is 464 g/mol. The molecule has 0 bridgehead atoms. The smallest absolute Gasteiger partial charge is 0.387 e. The van der Waals surface area contributed by atoms with Crippen molar-refractivity contribution in [2.75, 3.05) is 0 Å². The summed E-state index contributed by atoms with van der Waals surface area (Å²) in [7, 11) is 0. The second-order valence-electron chi connectivity index (χ2n) is 9.66. The normalized spacial score (nSPS) is 21.1. The van der Waals surface area contributed by atoms with Gasteiger partial charge in [-0.3, -0.25) is 0 Å². The van der Waals surface area contributed by atoms with Crippen molar-refractivity contribution in [1.82, 2.24) is 9.55 Å². The molecule has 0 radical (unpaired) electrons. The lowest BCUT2D eigenvalue weighted by Gasteiger charge is -2.21. The summed E-state index contributed by atoms with van der Waals surface area (Å²) in [6.45, 7) is 0.487. The molecule has 174 valence electrons. The van der Waals surface area contributed by atoms with E-state index in [2.05, 4.69) is 4.57 Å². The number of aliphatic hydroxyl groups is 1. The largest absolute Gasteiger partial charge is 0.434 e. The molecule has 4 aromatic rings. The van der Waals surface area contributed by atoms with Crippen LogP contribution >= 0.6 is 0 Å². The van der Waals surface area contributed by atoms with E-state index in [0.717, 1.165) is 23.3 Å². The van der Waals surface area contributed by atoms with E-state index in [4.69, 9.17) is 9.72 Å². The number of hydrogen-bond donors (Lipinski definition) is 1. The van der Waals surface area contributed by atoms with Crippen molar-refractivity contribution >= 4 is 11.0 Å². The first-order valence-corrected chi connectivity index (χ1v) is 11.3. The van der Waals surface area contributed by atoms with Crippen LogP contribution in [0, 0.1) is 11.7 Å². The van der Waals surface area contributed by atoms with Gasteiger partial charge in [0.05, 0.1) is 22.7 Å². The average molecular weight is 464 g/mol. The van der Waals surface area contributed by atoms with Crippen molar-refractivity contribution in [3.63, 3.8) is 0 Å². The highest BCUT2D eigenvalue weighted by Gasteiger charge is 2.55. The molecule has 1 saturated carbocycles. The van der Waals surface area contributed by atoms with E-state index in [9.17, 15) is 13.9 Å². The van der Waals surface area contributed by atoms with E-state index in [-0.39, 0.29) is 29.4 Å². The summed E-state index contributed by atoms with van der Waals surface area (Å²) in [5.74, 6) is 1.13. The molecule has 1 aromatic heterocycles. The highest BCUT2D eigenvalue weighted by atomic mass is 19.3. The Balaban J connectivity index is 1.48. The van der Waals surface area contributed by atoms with Gasteiger partial charge in [-0.2, -0.15) is 8.78 Å². The number of para-hydroxylation sites is 1. The van der Waals surface area contributed by atoms with Crippen LogP contribution in [-0.4, -0.2) is 21.3 Å². The quantitative estimate of drug-likeness (QED) is 0.373. The molecule has 34 heavy (non-hydrogen) atoms. The number of nitrogens with zero attached hydrogens (tertiary/aromatic N) is 2. The van der Waals surface area contributed by atoms with Crippen LogP contribution in [0.2, 0.25) is 0 Å². The Morgan fingerprint density at radius 3 is 2.53 bits per heavy atom. The number of fused-ring (bicyclic) bond motifs is 5. The maximum atomic E-state index is 15.1. The van der Waals surface area contributed by atoms with E-state index in [1.165, 1.54) is 6.07 Å². The van der Waals surface area contributed by atoms with Gasteiger partial charge in [0.15, 0.2) is 0 Å². The van der Waals surface area contributed by atoms with Crippen molar-refractivity contribution in [3.8, 4) is 16.9 Å². The van der Waals surface area contributed by atoms with Gasteiger partial charge in [-0.25, -0.2) is 9.37 Å². The maximum absolute atomic E-state index is 15.1. The molecule has 0 amide bonds. The molecule has 3 aromatic carbocycles. The average Bonchev–Trinajstić information content (AvgIpc) is 3.39. The Labute approximate surface area is 194 Å². The van der Waals surface area contributed by atoms with Crippen molar-refractivity contribution in [3.05, 3.63) is 83.4 Å². The summed E-state index contributed by atoms with van der Waals surface area (Å²) in [5.41, 5.74) is 2.86. The van der Waals surface area contributed by atoms with Gasteiger partial charge in [0.1, 0.15) is 17.4 Å². The number of halogens is 3. The van der Waals surface area contributed by atoms with Crippen LogP contribution in [0.15, 0.2) is 60.7 Å². The van der Waals surface area contributed by atoms with Crippen LogP contribution in [0.5, 0.6) is 5.75 Å². The minimum atomic E-state index is -2.91. The Bertz CT molecular complexity index is 1410. The van der Waals surface area contributed by atoms with Gasteiger partial charge in [0, 0.05) is 23.1 Å². The molecule has 1 N–H and O–H groups in total. The summed E-state index contributed by atoms with van der Waals surface area (Å²) < 4.78 is 48.2. The second-order valence-corrected chi connectivity index (χ2v) is 9.66. The van der Waals surface area contributed by atoms with Crippen LogP contribution in [-0.2, 0) is 5.60 Å². The maximum Gasteiger partial charge on any atom is 0.387 e. The first-order valence-electron chi connectivity index (χ1n) is 11.3. The third kappa shape index (κ3) is 3.29. The number of ether oxygens (including phenoxy) is 1. The minimum Gasteiger partial charge on any atom is -0.434 e. The zero-order valence-electron chi connectivity index (χ0n) is 18.7. The molecule has 6 rings (SSSR count). The van der Waals surface area contributed by atoms with E-state index in [0.29, 0.717) is 22.2 Å². The topological polar surface area (TPSA) is 47.3 Å². The van der Waals surface area contributed by atoms with Crippen molar-refractivity contribution < 1.29 is 23.0 Å². The predicted octanol–water partition coefficient (Wildman–Crippen LogP) is 6.38. The minimum absolute atomic E-state index is 0.160. The van der Waals surface area contributed by atoms with Crippen LogP contribution < -0.4 is 4.74 Å². The molecule has 0 spiro atoms. The highest BCUT2D eigenvalue weighted by molar-refractivity contribution is 5.84. The number of hydrogen-bond acceptors (Lipinski definition) is 3.